The molecule has 2 rings (SSSR count). The molecule has 0 saturated carbocycles. The van der Waals surface area contributed by atoms with E-state index in [9.17, 15) is 24.3 Å². The lowest BCUT2D eigenvalue weighted by molar-refractivity contribution is -0.149. The van der Waals surface area contributed by atoms with Crippen molar-refractivity contribution >= 4 is 23.4 Å². The maximum absolute atomic E-state index is 14.4. The van der Waals surface area contributed by atoms with Crippen molar-refractivity contribution in [3.63, 3.8) is 0 Å². The molecular weight excluding hydrogens is 682 g/mol. The van der Waals surface area contributed by atoms with Crippen LogP contribution in [0.2, 0.25) is 0 Å². The van der Waals surface area contributed by atoms with Gasteiger partial charge in [-0.1, -0.05) is 92.1 Å². The molecule has 2 amide bonds. The van der Waals surface area contributed by atoms with Crippen molar-refractivity contribution in [2.24, 2.45) is 35.5 Å². The number of hydrogen-bond acceptors (Lipinski definition) is 8. The molecule has 308 valence electrons. The fourth-order valence-electron chi connectivity index (χ4n) is 8.53. The van der Waals surface area contributed by atoms with E-state index in [1.54, 1.807) is 26.2 Å². The number of methoxy groups -OCH3 is 2. The van der Waals surface area contributed by atoms with Crippen molar-refractivity contribution in [1.82, 2.24) is 14.7 Å². The zero-order chi connectivity index (χ0) is 41.0. The van der Waals surface area contributed by atoms with Crippen LogP contribution < -0.4 is 0 Å². The first-order valence-corrected chi connectivity index (χ1v) is 20.5. The molecule has 1 aromatic carbocycles. The Morgan fingerprint density at radius 1 is 0.833 bits per heavy atom. The summed E-state index contributed by atoms with van der Waals surface area (Å²) in [5.74, 6) is -1.37. The number of likely N-dealkylation sites (tertiary alicyclic amines) is 1. The molecule has 10 heteroatoms. The van der Waals surface area contributed by atoms with Crippen molar-refractivity contribution in [2.45, 2.75) is 150 Å². The van der Waals surface area contributed by atoms with Gasteiger partial charge in [0.2, 0.25) is 11.8 Å². The molecule has 1 fully saturated rings. The Balaban J connectivity index is 2.27. The van der Waals surface area contributed by atoms with E-state index in [1.165, 1.54) is 0 Å². The Bertz CT molecular complexity index is 1320. The van der Waals surface area contributed by atoms with Crippen LogP contribution in [-0.2, 0) is 28.7 Å². The second kappa shape index (κ2) is 22.2. The summed E-state index contributed by atoms with van der Waals surface area (Å²) in [6.45, 7) is 20.7. The van der Waals surface area contributed by atoms with E-state index in [0.29, 0.717) is 13.0 Å². The maximum atomic E-state index is 14.4. The van der Waals surface area contributed by atoms with Crippen LogP contribution >= 0.6 is 0 Å². The second-order valence-corrected chi connectivity index (χ2v) is 17.1. The highest BCUT2D eigenvalue weighted by atomic mass is 16.5. The van der Waals surface area contributed by atoms with Crippen LogP contribution in [-0.4, -0.2) is 114 Å². The van der Waals surface area contributed by atoms with Gasteiger partial charge in [0.25, 0.3) is 0 Å². The monoisotopic (exact) mass is 758 g/mol. The molecule has 54 heavy (non-hydrogen) atoms. The second-order valence-electron chi connectivity index (χ2n) is 17.1. The molecule has 0 radical (unpaired) electrons. The number of ether oxygens (including phenoxy) is 2. The van der Waals surface area contributed by atoms with Gasteiger partial charge >= 0.3 is 0 Å². The summed E-state index contributed by atoms with van der Waals surface area (Å²) >= 11 is 0. The molecule has 0 aromatic heterocycles. The molecule has 1 aromatic rings. The molecular formula is C44H75N3O7. The summed E-state index contributed by atoms with van der Waals surface area (Å²) in [6.07, 6.45) is 0.832. The van der Waals surface area contributed by atoms with E-state index in [4.69, 9.17) is 9.47 Å². The lowest BCUT2D eigenvalue weighted by Crippen LogP contribution is -2.54. The number of ketones is 2. The Hall–Kier alpha value is -2.66. The Labute approximate surface area is 327 Å². The SMILES string of the molecule is CC[C@H](C)C([C@@H](CC(=O)N1CCC[C@H]1[C@H](OC)[C@@H](C)C(=O)C[C@H](C)[C@@H](O)c1ccccc1)OC)N(C)C(=O)[C@@H](CC(=O)[C@H](C(C)C)N(C)C(C)C)C(C)C. The number of aliphatic hydroxyl groups is 1. The van der Waals surface area contributed by atoms with Gasteiger partial charge in [-0.2, -0.15) is 0 Å². The summed E-state index contributed by atoms with van der Waals surface area (Å²) < 4.78 is 12.0. The minimum Gasteiger partial charge on any atom is -0.388 e. The normalized spacial score (nSPS) is 20.1. The predicted octanol–water partition coefficient (Wildman–Crippen LogP) is 6.83. The van der Waals surface area contributed by atoms with Crippen molar-refractivity contribution < 1.29 is 33.8 Å². The summed E-state index contributed by atoms with van der Waals surface area (Å²) in [6, 6.07) is 8.58. The lowest BCUT2D eigenvalue weighted by atomic mass is 9.83. The molecule has 1 aliphatic heterocycles. The number of benzene rings is 1. The molecule has 0 bridgehead atoms. The average molecular weight is 758 g/mol. The summed E-state index contributed by atoms with van der Waals surface area (Å²) in [5, 5.41) is 10.9. The van der Waals surface area contributed by atoms with Crippen LogP contribution in [0.4, 0.5) is 0 Å². The summed E-state index contributed by atoms with van der Waals surface area (Å²) in [7, 11) is 6.95. The zero-order valence-electron chi connectivity index (χ0n) is 36.1. The van der Waals surface area contributed by atoms with Crippen molar-refractivity contribution in [1.29, 1.82) is 0 Å². The van der Waals surface area contributed by atoms with Gasteiger partial charge in [0.15, 0.2) is 5.78 Å². The largest absolute Gasteiger partial charge is 0.388 e. The van der Waals surface area contributed by atoms with Gasteiger partial charge in [0, 0.05) is 58.5 Å². The first-order chi connectivity index (χ1) is 25.3. The lowest BCUT2D eigenvalue weighted by Gasteiger charge is -2.41. The van der Waals surface area contributed by atoms with E-state index in [2.05, 4.69) is 46.4 Å². The van der Waals surface area contributed by atoms with Gasteiger partial charge in [-0.25, -0.2) is 0 Å². The Morgan fingerprint density at radius 2 is 1.44 bits per heavy atom. The van der Waals surface area contributed by atoms with Gasteiger partial charge in [0.1, 0.15) is 5.78 Å². The van der Waals surface area contributed by atoms with Crippen LogP contribution in [0.1, 0.15) is 119 Å². The molecule has 10 nitrogen and oxygen atoms in total. The molecule has 1 unspecified atom stereocenters. The topological polar surface area (TPSA) is 117 Å². The van der Waals surface area contributed by atoms with Gasteiger partial charge < -0.3 is 24.4 Å². The number of rotatable bonds is 23. The summed E-state index contributed by atoms with van der Waals surface area (Å²) in [4.78, 5) is 61.8. The van der Waals surface area contributed by atoms with Gasteiger partial charge in [0.05, 0.1) is 42.9 Å². The quantitative estimate of drug-likeness (QED) is 0.129. The first-order valence-electron chi connectivity index (χ1n) is 20.5. The van der Waals surface area contributed by atoms with E-state index >= 15 is 0 Å². The minimum absolute atomic E-state index is 0.0101. The van der Waals surface area contributed by atoms with Crippen LogP contribution in [0.15, 0.2) is 30.3 Å². The van der Waals surface area contributed by atoms with E-state index in [-0.39, 0.29) is 84.4 Å². The van der Waals surface area contributed by atoms with E-state index in [1.807, 2.05) is 70.0 Å². The number of carbonyl (C=O) groups is 4. The third kappa shape index (κ3) is 12.2. The van der Waals surface area contributed by atoms with Crippen LogP contribution in [0.25, 0.3) is 0 Å². The highest BCUT2D eigenvalue weighted by Crippen LogP contribution is 2.33. The summed E-state index contributed by atoms with van der Waals surface area (Å²) in [5.41, 5.74) is 0.777. The predicted molar refractivity (Wildman–Crippen MR) is 216 cm³/mol. The molecule has 0 aliphatic carbocycles. The molecule has 1 saturated heterocycles. The Morgan fingerprint density at radius 3 is 1.94 bits per heavy atom. The van der Waals surface area contributed by atoms with Crippen LogP contribution in [0.5, 0.6) is 0 Å². The molecule has 1 aliphatic rings. The molecule has 1 heterocycles. The van der Waals surface area contributed by atoms with E-state index in [0.717, 1.165) is 18.4 Å². The number of nitrogens with zero attached hydrogens (tertiary/aromatic N) is 3. The number of carbonyl (C=O) groups excluding carboxylic acids is 4. The van der Waals surface area contributed by atoms with Gasteiger partial charge in [-0.15, -0.1) is 0 Å². The van der Waals surface area contributed by atoms with Gasteiger partial charge in [-0.05, 0) is 63.0 Å². The zero-order valence-corrected chi connectivity index (χ0v) is 36.1. The van der Waals surface area contributed by atoms with Crippen LogP contribution in [0.3, 0.4) is 0 Å². The number of amides is 2. The van der Waals surface area contributed by atoms with Crippen LogP contribution in [0, 0.1) is 35.5 Å². The average Bonchev–Trinajstić information content (AvgIpc) is 3.62. The van der Waals surface area contributed by atoms with Crippen molar-refractivity contribution in [2.75, 3.05) is 34.9 Å². The minimum atomic E-state index is -0.762. The van der Waals surface area contributed by atoms with Crippen molar-refractivity contribution in [3.05, 3.63) is 35.9 Å². The number of hydrogen-bond donors (Lipinski definition) is 1. The van der Waals surface area contributed by atoms with Crippen molar-refractivity contribution in [3.8, 4) is 0 Å². The highest BCUT2D eigenvalue weighted by Gasteiger charge is 2.43. The third-order valence-electron chi connectivity index (χ3n) is 12.3. The Kier molecular flexibility index (Phi) is 19.5. The first kappa shape index (κ1) is 47.5. The maximum Gasteiger partial charge on any atom is 0.226 e. The third-order valence-corrected chi connectivity index (χ3v) is 12.3. The number of Topliss-reactive ketones (excluding diaryl/α,β-unsaturated/α-hetero) is 2. The smallest absolute Gasteiger partial charge is 0.226 e. The number of aliphatic hydroxyl groups excluding tert-OH is 1. The standard InChI is InChI=1S/C44H75N3O7/c1-15-30(8)41(46(12)44(52)34(27(2)3)25-37(49)40(28(4)5)45(11)29(6)7)38(53-13)26-39(50)47-23-19-22-35(47)43(54-14)32(10)36(48)24-31(9)42(51)33-20-17-16-18-21-33/h16-18,20-21,27-32,34-35,38,40-43,51H,15,19,22-26H2,1-14H3/t30-,31-,32-,34-,35-,38+,40-,41?,42+,43+/m0/s1. The molecule has 0 spiro atoms. The molecule has 1 N–H and O–H groups in total. The van der Waals surface area contributed by atoms with Gasteiger partial charge in [-0.3, -0.25) is 24.1 Å². The van der Waals surface area contributed by atoms with E-state index < -0.39 is 36.2 Å². The molecule has 10 atom stereocenters. The fourth-order valence-corrected chi connectivity index (χ4v) is 8.53. The fraction of sp³-hybridized carbons (Fsp3) is 0.773. The number of likely N-dealkylation sites (N-methyl/N-ethyl adjacent to an activating group) is 2. The highest BCUT2D eigenvalue weighted by molar-refractivity contribution is 5.90.